The fourth-order valence-electron chi connectivity index (χ4n) is 2.44. The lowest BCUT2D eigenvalue weighted by Gasteiger charge is -2.14. The Hall–Kier alpha value is -3.20. The summed E-state index contributed by atoms with van der Waals surface area (Å²) in [7, 11) is -1.66. The normalized spacial score (nSPS) is 10.6. The Balaban J connectivity index is 0.000000892. The van der Waals surface area contributed by atoms with E-state index < -0.39 is 33.6 Å². The number of hydrogen-bond donors (Lipinski definition) is 1. The highest BCUT2D eigenvalue weighted by atomic mass is 32.2. The van der Waals surface area contributed by atoms with Gasteiger partial charge in [0.05, 0.1) is 17.3 Å². The molecule has 0 radical (unpaired) electrons. The molecule has 0 amide bonds. The molecule has 0 atom stereocenters. The Morgan fingerprint density at radius 1 is 1.21 bits per heavy atom. The minimum Gasteiger partial charge on any atom is -0.292 e. The molecule has 2 rings (SSSR count). The maximum absolute atomic E-state index is 12.9. The molecule has 0 bridgehead atoms. The van der Waals surface area contributed by atoms with Crippen LogP contribution in [0, 0.1) is 16.1 Å². The highest BCUT2D eigenvalue weighted by Crippen LogP contribution is 2.27. The Kier molecular flexibility index (Phi) is 7.45. The first-order chi connectivity index (χ1) is 12.9. The molecule has 0 unspecified atom stereocenters. The molecule has 1 aromatic carbocycles. The van der Waals surface area contributed by atoms with E-state index in [9.17, 15) is 22.8 Å². The molecule has 8 nitrogen and oxygen atoms in total. The Labute approximate surface area is 158 Å². The molecule has 28 heavy (non-hydrogen) atoms. The van der Waals surface area contributed by atoms with Crippen molar-refractivity contribution in [3.05, 3.63) is 61.9 Å². The van der Waals surface area contributed by atoms with E-state index in [1.165, 1.54) is 18.2 Å². The van der Waals surface area contributed by atoms with Crippen LogP contribution in [0.15, 0.2) is 33.9 Å². The summed E-state index contributed by atoms with van der Waals surface area (Å²) < 4.78 is 62.5. The quantitative estimate of drug-likeness (QED) is 0.819. The molecule has 0 saturated carbocycles. The average Bonchev–Trinajstić information content (AvgIpc) is 2.57. The van der Waals surface area contributed by atoms with E-state index in [-0.39, 0.29) is 5.69 Å². The number of aryl methyl sites for hydroxylation is 1. The van der Waals surface area contributed by atoms with Gasteiger partial charge in [-0.05, 0) is 30.2 Å². The summed E-state index contributed by atoms with van der Waals surface area (Å²) in [5.41, 5.74) is -2.31. The van der Waals surface area contributed by atoms with Crippen LogP contribution >= 0.6 is 0 Å². The van der Waals surface area contributed by atoms with Crippen LogP contribution < -0.4 is 11.2 Å². The number of nitrogens with one attached hydrogen (secondary N) is 1. The van der Waals surface area contributed by atoms with Crippen LogP contribution in [0.25, 0.3) is 5.69 Å². The third-order valence-corrected chi connectivity index (χ3v) is 3.60. The van der Waals surface area contributed by atoms with Crippen LogP contribution in [-0.2, 0) is 30.1 Å². The lowest BCUT2D eigenvalue weighted by molar-refractivity contribution is -0.144. The van der Waals surface area contributed by atoms with Crippen molar-refractivity contribution in [3.63, 3.8) is 0 Å². The van der Waals surface area contributed by atoms with Gasteiger partial charge in [-0.3, -0.25) is 9.36 Å². The van der Waals surface area contributed by atoms with Crippen molar-refractivity contribution >= 4 is 10.5 Å². The number of benzene rings is 1. The smallest absolute Gasteiger partial charge is 0.292 e. The predicted molar refractivity (Wildman–Crippen MR) is 92.6 cm³/mol. The van der Waals surface area contributed by atoms with Crippen molar-refractivity contribution in [1.82, 2.24) is 9.13 Å². The number of nitrogens with zero attached hydrogens (tertiary/aromatic N) is 3. The summed E-state index contributed by atoms with van der Waals surface area (Å²) in [4.78, 5) is 24.3. The largest absolute Gasteiger partial charge is 0.431 e. The first kappa shape index (κ1) is 22.8. The molecule has 2 aromatic rings. The fourth-order valence-corrected chi connectivity index (χ4v) is 2.44. The molecular formula is C16H15F3N4O4S. The zero-order valence-corrected chi connectivity index (χ0v) is 15.6. The van der Waals surface area contributed by atoms with Gasteiger partial charge >= 0.3 is 22.4 Å². The third-order valence-electron chi connectivity index (χ3n) is 3.60. The van der Waals surface area contributed by atoms with Gasteiger partial charge in [-0.25, -0.2) is 9.36 Å². The van der Waals surface area contributed by atoms with Gasteiger partial charge in [-0.1, -0.05) is 13.3 Å². The van der Waals surface area contributed by atoms with E-state index >= 15 is 0 Å². The molecule has 1 aromatic heterocycles. The van der Waals surface area contributed by atoms with Gasteiger partial charge < -0.3 is 0 Å². The van der Waals surface area contributed by atoms with Gasteiger partial charge in [0.1, 0.15) is 5.69 Å². The molecular weight excluding hydrogens is 401 g/mol. The summed E-state index contributed by atoms with van der Waals surface area (Å²) in [6, 6.07) is 6.70. The first-order valence-electron chi connectivity index (χ1n) is 7.68. The second-order valence-corrected chi connectivity index (χ2v) is 5.95. The molecule has 1 N–H and O–H groups in total. The topological polar surface area (TPSA) is 126 Å². The van der Waals surface area contributed by atoms with E-state index in [4.69, 9.17) is 18.5 Å². The first-order valence-corrected chi connectivity index (χ1v) is 8.75. The van der Waals surface area contributed by atoms with Gasteiger partial charge in [0.2, 0.25) is 0 Å². The number of aromatic nitrogens is 2. The van der Waals surface area contributed by atoms with Gasteiger partial charge in [-0.2, -0.15) is 31.6 Å². The van der Waals surface area contributed by atoms with Crippen LogP contribution in [0.5, 0.6) is 0 Å². The minimum absolute atomic E-state index is 0.136. The molecule has 0 spiro atoms. The SMILES string of the molecule is CCCc1cc(-n2c(=O)cc(C(F)(F)F)n(C)c2=O)ccc1C#N.N=S(=O)=O. The van der Waals surface area contributed by atoms with Crippen molar-refractivity contribution in [3.8, 4) is 11.8 Å². The maximum Gasteiger partial charge on any atom is 0.431 e. The Bertz CT molecular complexity index is 1140. The van der Waals surface area contributed by atoms with E-state index in [0.717, 1.165) is 13.5 Å². The Morgan fingerprint density at radius 3 is 2.25 bits per heavy atom. The van der Waals surface area contributed by atoms with Gasteiger partial charge in [-0.15, -0.1) is 0 Å². The molecule has 0 fully saturated rings. The van der Waals surface area contributed by atoms with E-state index in [0.29, 0.717) is 32.7 Å². The Morgan fingerprint density at radius 2 is 1.79 bits per heavy atom. The van der Waals surface area contributed by atoms with E-state index in [2.05, 4.69) is 0 Å². The maximum atomic E-state index is 12.9. The lowest BCUT2D eigenvalue weighted by atomic mass is 10.0. The van der Waals surface area contributed by atoms with Crippen LogP contribution in [0.2, 0.25) is 0 Å². The number of rotatable bonds is 3. The number of alkyl halides is 3. The van der Waals surface area contributed by atoms with Crippen molar-refractivity contribution < 1.29 is 21.6 Å². The van der Waals surface area contributed by atoms with Gasteiger partial charge in [0, 0.05) is 13.1 Å². The minimum atomic E-state index is -4.80. The van der Waals surface area contributed by atoms with Crippen LogP contribution in [-0.4, -0.2) is 17.6 Å². The highest BCUT2D eigenvalue weighted by Gasteiger charge is 2.35. The zero-order valence-electron chi connectivity index (χ0n) is 14.7. The van der Waals surface area contributed by atoms with Crippen LogP contribution in [0.4, 0.5) is 13.2 Å². The van der Waals surface area contributed by atoms with Gasteiger partial charge in [0.15, 0.2) is 0 Å². The summed E-state index contributed by atoms with van der Waals surface area (Å²) in [5, 5.41) is 9.08. The summed E-state index contributed by atoms with van der Waals surface area (Å²) in [5.74, 6) is 0. The standard InChI is InChI=1S/C16H14F3N3O2.HNO2S/c1-3-4-10-7-12(6-5-11(10)9-20)22-14(23)8-13(16(17,18)19)21(2)15(22)24;1-4(2)3/h5-8H,3-4H2,1-2H3;1H. The number of hydrogen-bond acceptors (Lipinski definition) is 6. The summed E-state index contributed by atoms with van der Waals surface area (Å²) in [6.45, 7) is 1.90. The molecule has 1 heterocycles. The number of halogens is 3. The van der Waals surface area contributed by atoms with Crippen LogP contribution in [0.3, 0.4) is 0 Å². The second-order valence-electron chi connectivity index (χ2n) is 5.48. The van der Waals surface area contributed by atoms with Crippen LogP contribution in [0.1, 0.15) is 30.2 Å². The van der Waals surface area contributed by atoms with E-state index in [1.807, 2.05) is 13.0 Å². The van der Waals surface area contributed by atoms with Crippen molar-refractivity contribution in [2.45, 2.75) is 25.9 Å². The van der Waals surface area contributed by atoms with Crippen molar-refractivity contribution in [2.75, 3.05) is 0 Å². The molecule has 0 aliphatic carbocycles. The molecule has 0 aliphatic heterocycles. The highest BCUT2D eigenvalue weighted by molar-refractivity contribution is 7.60. The van der Waals surface area contributed by atoms with Crippen molar-refractivity contribution in [2.24, 2.45) is 7.05 Å². The van der Waals surface area contributed by atoms with E-state index in [1.54, 1.807) is 0 Å². The van der Waals surface area contributed by atoms with Crippen molar-refractivity contribution in [1.29, 1.82) is 10.0 Å². The molecule has 0 aliphatic rings. The summed E-state index contributed by atoms with van der Waals surface area (Å²) >= 11 is 0. The number of nitriles is 1. The second kappa shape index (κ2) is 9.14. The average molecular weight is 416 g/mol. The molecule has 0 saturated heterocycles. The lowest BCUT2D eigenvalue weighted by Crippen LogP contribution is -2.40. The predicted octanol–water partition coefficient (Wildman–Crippen LogP) is 2.01. The van der Waals surface area contributed by atoms with Gasteiger partial charge in [0.25, 0.3) is 5.56 Å². The monoisotopic (exact) mass is 416 g/mol. The third kappa shape index (κ3) is 5.40. The summed E-state index contributed by atoms with van der Waals surface area (Å²) in [6.07, 6.45) is -3.52. The zero-order chi connectivity index (χ0) is 21.6. The fraction of sp³-hybridized carbons (Fsp3) is 0.312. The molecule has 150 valence electrons. The molecule has 12 heteroatoms.